The first kappa shape index (κ1) is 23.6. The zero-order valence-electron chi connectivity index (χ0n) is 17.4. The summed E-state index contributed by atoms with van der Waals surface area (Å²) < 4.78 is 16.6. The number of fused-ring (bicyclic) bond motifs is 1. The molecule has 0 aliphatic carbocycles. The van der Waals surface area contributed by atoms with Gasteiger partial charge in [0, 0.05) is 23.4 Å². The maximum absolute atomic E-state index is 11.7. The highest BCUT2D eigenvalue weighted by atomic mass is 16.7. The third-order valence-electron chi connectivity index (χ3n) is 5.90. The quantitative estimate of drug-likeness (QED) is 0.318. The van der Waals surface area contributed by atoms with E-state index in [-0.39, 0.29) is 23.3 Å². The number of benzene rings is 1. The molecular weight excluding hydrogens is 412 g/mol. The van der Waals surface area contributed by atoms with Gasteiger partial charge < -0.3 is 44.5 Å². The lowest BCUT2D eigenvalue weighted by molar-refractivity contribution is -0.341. The number of phenols is 1. The van der Waals surface area contributed by atoms with Crippen molar-refractivity contribution in [2.24, 2.45) is 0 Å². The molecule has 0 radical (unpaired) electrons. The van der Waals surface area contributed by atoms with Crippen molar-refractivity contribution in [3.63, 3.8) is 0 Å². The zero-order valence-corrected chi connectivity index (χ0v) is 17.4. The molecule has 0 unspecified atom stereocenters. The van der Waals surface area contributed by atoms with E-state index in [0.717, 1.165) is 0 Å². The van der Waals surface area contributed by atoms with Crippen molar-refractivity contribution in [1.29, 1.82) is 0 Å². The van der Waals surface area contributed by atoms with Crippen molar-refractivity contribution in [2.75, 3.05) is 6.61 Å². The molecule has 1 saturated heterocycles. The van der Waals surface area contributed by atoms with Crippen LogP contribution in [0, 0.1) is 0 Å². The Hall–Kier alpha value is -2.05. The summed E-state index contributed by atoms with van der Waals surface area (Å²) in [4.78, 5) is 11.7. The maximum Gasteiger partial charge on any atom is 0.336 e. The molecule has 1 aliphatic heterocycles. The minimum Gasteiger partial charge on any atom is -0.508 e. The number of aliphatic hydroxyl groups excluding tert-OH is 4. The highest BCUT2D eigenvalue weighted by Gasteiger charge is 2.50. The number of hydrogen-bond acceptors (Lipinski definition) is 10. The van der Waals surface area contributed by atoms with E-state index in [9.17, 15) is 35.4 Å². The molecule has 0 spiro atoms. The van der Waals surface area contributed by atoms with Gasteiger partial charge in [0.15, 0.2) is 6.29 Å². The Kier molecular flexibility index (Phi) is 6.45. The molecule has 1 aromatic carbocycles. The number of rotatable bonds is 6. The summed E-state index contributed by atoms with van der Waals surface area (Å²) in [5.41, 5.74) is -3.47. The Bertz CT molecular complexity index is 978. The van der Waals surface area contributed by atoms with Crippen molar-refractivity contribution in [3.8, 4) is 5.75 Å². The number of aliphatic hydroxyl groups is 5. The van der Waals surface area contributed by atoms with E-state index >= 15 is 0 Å². The molecule has 6 N–H and O–H groups in total. The number of hydrogen-bond donors (Lipinski definition) is 6. The third-order valence-corrected chi connectivity index (χ3v) is 5.90. The zero-order chi connectivity index (χ0) is 23.1. The lowest BCUT2D eigenvalue weighted by Gasteiger charge is -2.47. The van der Waals surface area contributed by atoms with E-state index < -0.39 is 54.1 Å². The minimum absolute atomic E-state index is 0.111. The largest absolute Gasteiger partial charge is 0.508 e. The molecule has 10 heteroatoms. The Balaban J connectivity index is 2.01. The monoisotopic (exact) mass is 440 g/mol. The number of aromatic hydroxyl groups is 1. The first-order chi connectivity index (χ1) is 14.4. The normalized spacial score (nSPS) is 29.1. The molecule has 10 nitrogen and oxygen atoms in total. The molecule has 0 amide bonds. The van der Waals surface area contributed by atoms with Crippen LogP contribution in [0.1, 0.15) is 26.3 Å². The van der Waals surface area contributed by atoms with E-state index in [0.29, 0.717) is 5.39 Å². The average molecular weight is 440 g/mol. The van der Waals surface area contributed by atoms with Crippen molar-refractivity contribution in [1.82, 2.24) is 0 Å². The second-order valence-electron chi connectivity index (χ2n) is 8.52. The SMILES string of the molecule is CC(C)(O)[C@@](C)(Cc1c(O)ccc2ccc(=O)oc12)O[C@@H]1O[C@H](CO)[C@@H](O)[C@H](O)[C@H]1O. The van der Waals surface area contributed by atoms with Gasteiger partial charge in [-0.3, -0.25) is 0 Å². The molecule has 2 heterocycles. The van der Waals surface area contributed by atoms with Crippen LogP contribution >= 0.6 is 0 Å². The summed E-state index contributed by atoms with van der Waals surface area (Å²) in [6.07, 6.45) is -7.80. The summed E-state index contributed by atoms with van der Waals surface area (Å²) in [6, 6.07) is 5.75. The third kappa shape index (κ3) is 4.46. The van der Waals surface area contributed by atoms with E-state index in [1.807, 2.05) is 0 Å². The molecule has 0 saturated carbocycles. The van der Waals surface area contributed by atoms with E-state index in [1.54, 1.807) is 6.07 Å². The number of ether oxygens (including phenoxy) is 2. The minimum atomic E-state index is -1.68. The van der Waals surface area contributed by atoms with Gasteiger partial charge in [0.2, 0.25) is 0 Å². The van der Waals surface area contributed by atoms with Crippen LogP contribution in [-0.4, -0.2) is 79.2 Å². The van der Waals surface area contributed by atoms with Gasteiger partial charge in [0.1, 0.15) is 41.3 Å². The van der Waals surface area contributed by atoms with Gasteiger partial charge in [0.05, 0.1) is 12.2 Å². The second-order valence-corrected chi connectivity index (χ2v) is 8.52. The Morgan fingerprint density at radius 1 is 1.03 bits per heavy atom. The molecule has 0 bridgehead atoms. The van der Waals surface area contributed by atoms with Crippen LogP contribution in [0.4, 0.5) is 0 Å². The molecule has 6 atom stereocenters. The molecule has 31 heavy (non-hydrogen) atoms. The molecular formula is C21H28O10. The van der Waals surface area contributed by atoms with Crippen molar-refractivity contribution >= 4 is 11.0 Å². The van der Waals surface area contributed by atoms with E-state index in [1.165, 1.54) is 39.0 Å². The van der Waals surface area contributed by atoms with Crippen molar-refractivity contribution in [2.45, 2.75) is 69.1 Å². The van der Waals surface area contributed by atoms with Crippen LogP contribution in [-0.2, 0) is 15.9 Å². The van der Waals surface area contributed by atoms with E-state index in [2.05, 4.69) is 0 Å². The summed E-state index contributed by atoms with van der Waals surface area (Å²) in [5, 5.41) is 61.6. The van der Waals surface area contributed by atoms with Gasteiger partial charge in [-0.25, -0.2) is 4.79 Å². The molecule has 2 aromatic rings. The topological polar surface area (TPSA) is 170 Å². The van der Waals surface area contributed by atoms with Crippen molar-refractivity contribution < 1.29 is 44.5 Å². The fourth-order valence-corrected chi connectivity index (χ4v) is 3.51. The Morgan fingerprint density at radius 3 is 2.29 bits per heavy atom. The highest BCUT2D eigenvalue weighted by molar-refractivity contribution is 5.82. The maximum atomic E-state index is 11.7. The highest BCUT2D eigenvalue weighted by Crippen LogP contribution is 2.38. The molecule has 172 valence electrons. The van der Waals surface area contributed by atoms with E-state index in [4.69, 9.17) is 13.9 Å². The van der Waals surface area contributed by atoms with Gasteiger partial charge in [-0.05, 0) is 39.0 Å². The van der Waals surface area contributed by atoms with Gasteiger partial charge in [-0.1, -0.05) is 0 Å². The summed E-state index contributed by atoms with van der Waals surface area (Å²) in [7, 11) is 0. The van der Waals surface area contributed by atoms with Gasteiger partial charge in [0.25, 0.3) is 0 Å². The summed E-state index contributed by atoms with van der Waals surface area (Å²) >= 11 is 0. The van der Waals surface area contributed by atoms with Crippen LogP contribution in [0.15, 0.2) is 33.5 Å². The van der Waals surface area contributed by atoms with Crippen LogP contribution in [0.2, 0.25) is 0 Å². The van der Waals surface area contributed by atoms with Crippen LogP contribution < -0.4 is 5.63 Å². The lowest BCUT2D eigenvalue weighted by Crippen LogP contribution is -2.63. The lowest BCUT2D eigenvalue weighted by atomic mass is 9.81. The Labute approximate surface area is 177 Å². The first-order valence-electron chi connectivity index (χ1n) is 9.83. The fraction of sp³-hybridized carbons (Fsp3) is 0.571. The summed E-state index contributed by atoms with van der Waals surface area (Å²) in [6.45, 7) is 3.73. The first-order valence-corrected chi connectivity index (χ1v) is 9.83. The van der Waals surface area contributed by atoms with Crippen LogP contribution in [0.5, 0.6) is 5.75 Å². The second kappa shape index (κ2) is 8.47. The summed E-state index contributed by atoms with van der Waals surface area (Å²) in [5.74, 6) is -0.199. The Morgan fingerprint density at radius 2 is 1.68 bits per heavy atom. The van der Waals surface area contributed by atoms with Crippen molar-refractivity contribution in [3.05, 3.63) is 40.2 Å². The standard InChI is InChI=1S/C21H28O10/c1-20(2,28)21(3,31-19-17(27)16(26)15(25)13(9-22)29-19)8-11-12(23)6-4-10-5-7-14(24)30-18(10)11/h4-7,13,15-17,19,22-23,25-28H,8-9H2,1-3H3/t13-,15-,16+,17-,19+,21-/m1/s1. The predicted molar refractivity (Wildman–Crippen MR) is 107 cm³/mol. The van der Waals surface area contributed by atoms with Gasteiger partial charge in [-0.2, -0.15) is 0 Å². The number of phenolic OH excluding ortho intramolecular Hbond substituents is 1. The van der Waals surface area contributed by atoms with Crippen LogP contribution in [0.3, 0.4) is 0 Å². The molecule has 3 rings (SSSR count). The molecule has 1 aromatic heterocycles. The van der Waals surface area contributed by atoms with Gasteiger partial charge >= 0.3 is 5.63 Å². The fourth-order valence-electron chi connectivity index (χ4n) is 3.51. The predicted octanol–water partition coefficient (Wildman–Crippen LogP) is -0.613. The smallest absolute Gasteiger partial charge is 0.336 e. The molecule has 1 aliphatic rings. The average Bonchev–Trinajstić information content (AvgIpc) is 2.70. The molecule has 1 fully saturated rings. The van der Waals surface area contributed by atoms with Crippen LogP contribution in [0.25, 0.3) is 11.0 Å². The van der Waals surface area contributed by atoms with Gasteiger partial charge in [-0.15, -0.1) is 0 Å².